The van der Waals surface area contributed by atoms with Crippen molar-refractivity contribution in [2.24, 2.45) is 5.92 Å². The lowest BCUT2D eigenvalue weighted by molar-refractivity contribution is -0.153. The number of nitrogens with zero attached hydrogens (tertiary/aromatic N) is 2. The lowest BCUT2D eigenvalue weighted by Gasteiger charge is -2.36. The van der Waals surface area contributed by atoms with Crippen molar-refractivity contribution >= 4 is 23.8 Å². The molecule has 1 aliphatic heterocycles. The number of ether oxygens (including phenoxy) is 1. The van der Waals surface area contributed by atoms with E-state index in [2.05, 4.69) is 5.32 Å². The molecule has 1 aliphatic carbocycles. The average molecular weight is 419 g/mol. The topological polar surface area (TPSA) is 96.0 Å². The highest BCUT2D eigenvalue weighted by Crippen LogP contribution is 2.38. The number of imide groups is 1. The Kier molecular flexibility index (Phi) is 6.38. The summed E-state index contributed by atoms with van der Waals surface area (Å²) in [4.78, 5) is 51.6. The first-order chi connectivity index (χ1) is 14.2. The van der Waals surface area contributed by atoms with E-state index in [0.29, 0.717) is 12.0 Å². The van der Waals surface area contributed by atoms with Crippen LogP contribution in [0.25, 0.3) is 0 Å². The minimum atomic E-state index is -0.953. The van der Waals surface area contributed by atoms with E-state index in [-0.39, 0.29) is 12.5 Å². The maximum absolute atomic E-state index is 13.7. The van der Waals surface area contributed by atoms with E-state index < -0.39 is 48.3 Å². The highest BCUT2D eigenvalue weighted by molar-refractivity contribution is 6.09. The van der Waals surface area contributed by atoms with Crippen molar-refractivity contribution in [3.63, 3.8) is 0 Å². The number of esters is 1. The second-order valence-corrected chi connectivity index (χ2v) is 7.94. The van der Waals surface area contributed by atoms with Crippen LogP contribution in [0.15, 0.2) is 24.3 Å². The van der Waals surface area contributed by atoms with Gasteiger partial charge in [-0.3, -0.25) is 19.3 Å². The Morgan fingerprint density at radius 3 is 2.73 bits per heavy atom. The second-order valence-electron chi connectivity index (χ2n) is 7.94. The average Bonchev–Trinajstić information content (AvgIpc) is 2.95. The maximum Gasteiger partial charge on any atom is 0.326 e. The molecule has 2 fully saturated rings. The van der Waals surface area contributed by atoms with Gasteiger partial charge in [0.1, 0.15) is 17.9 Å². The molecule has 1 heterocycles. The van der Waals surface area contributed by atoms with Crippen molar-refractivity contribution in [3.05, 3.63) is 35.6 Å². The molecule has 3 rings (SSSR count). The number of nitrogens with one attached hydrogen (secondary N) is 1. The van der Waals surface area contributed by atoms with Crippen LogP contribution in [0.5, 0.6) is 0 Å². The molecule has 0 aromatic heterocycles. The standard InChI is InChI=1S/C21H26FN3O5/c1-14-7-5-6-10-21(14)19(28)25(20(29)23-21)12-18(27)30-13-17(26)24(2)11-15-8-3-4-9-16(15)22/h3-4,8-9,14H,5-7,10-13H2,1-2H3,(H,23,29)/t14-,21-/m1/s1. The normalized spacial score (nSPS) is 23.4. The largest absolute Gasteiger partial charge is 0.454 e. The molecular formula is C21H26FN3O5. The Bertz CT molecular complexity index is 861. The molecule has 1 saturated carbocycles. The molecule has 1 N–H and O–H groups in total. The molecule has 162 valence electrons. The predicted molar refractivity (Wildman–Crippen MR) is 104 cm³/mol. The Labute approximate surface area is 174 Å². The molecule has 2 atom stereocenters. The molecule has 9 heteroatoms. The molecule has 30 heavy (non-hydrogen) atoms. The monoisotopic (exact) mass is 419 g/mol. The van der Waals surface area contributed by atoms with E-state index in [0.717, 1.165) is 24.2 Å². The Balaban J connectivity index is 1.52. The van der Waals surface area contributed by atoms with Crippen LogP contribution in [0.2, 0.25) is 0 Å². The van der Waals surface area contributed by atoms with Gasteiger partial charge in [0, 0.05) is 19.2 Å². The number of carbonyl (C=O) groups is 4. The fourth-order valence-corrected chi connectivity index (χ4v) is 4.04. The fraction of sp³-hybridized carbons (Fsp3) is 0.524. The van der Waals surface area contributed by atoms with Gasteiger partial charge in [0.25, 0.3) is 11.8 Å². The number of amides is 4. The third-order valence-electron chi connectivity index (χ3n) is 5.94. The van der Waals surface area contributed by atoms with Gasteiger partial charge in [0.2, 0.25) is 0 Å². The van der Waals surface area contributed by atoms with E-state index in [1.165, 1.54) is 18.0 Å². The van der Waals surface area contributed by atoms with Crippen molar-refractivity contribution in [3.8, 4) is 0 Å². The van der Waals surface area contributed by atoms with Crippen molar-refractivity contribution in [2.75, 3.05) is 20.2 Å². The molecule has 1 aromatic rings. The molecule has 0 bridgehead atoms. The minimum Gasteiger partial charge on any atom is -0.454 e. The van der Waals surface area contributed by atoms with Crippen LogP contribution in [0, 0.1) is 11.7 Å². The van der Waals surface area contributed by atoms with Crippen molar-refractivity contribution in [1.82, 2.24) is 15.1 Å². The number of halogens is 1. The molecule has 0 radical (unpaired) electrons. The minimum absolute atomic E-state index is 0.0164. The number of hydrogen-bond donors (Lipinski definition) is 1. The van der Waals surface area contributed by atoms with E-state index >= 15 is 0 Å². The summed E-state index contributed by atoms with van der Waals surface area (Å²) in [5.41, 5.74) is -0.614. The van der Waals surface area contributed by atoms with Crippen molar-refractivity contribution in [1.29, 1.82) is 0 Å². The third-order valence-corrected chi connectivity index (χ3v) is 5.94. The summed E-state index contributed by atoms with van der Waals surface area (Å²) >= 11 is 0. The highest BCUT2D eigenvalue weighted by atomic mass is 19.1. The molecule has 1 saturated heterocycles. The van der Waals surface area contributed by atoms with E-state index in [4.69, 9.17) is 4.74 Å². The second kappa shape index (κ2) is 8.81. The van der Waals surface area contributed by atoms with Gasteiger partial charge in [-0.15, -0.1) is 0 Å². The summed E-state index contributed by atoms with van der Waals surface area (Å²) in [7, 11) is 1.47. The smallest absolute Gasteiger partial charge is 0.326 e. The van der Waals surface area contributed by atoms with Gasteiger partial charge in [-0.05, 0) is 24.8 Å². The summed E-state index contributed by atoms with van der Waals surface area (Å²) in [6.45, 7) is 0.831. The van der Waals surface area contributed by atoms with Crippen LogP contribution in [0.3, 0.4) is 0 Å². The van der Waals surface area contributed by atoms with Crippen LogP contribution in [-0.4, -0.2) is 59.4 Å². The number of likely N-dealkylation sites (N-methyl/N-ethyl adjacent to an activating group) is 1. The summed E-state index contributed by atoms with van der Waals surface area (Å²) in [6.07, 6.45) is 3.20. The third kappa shape index (κ3) is 4.29. The summed E-state index contributed by atoms with van der Waals surface area (Å²) in [5.74, 6) is -2.25. The summed E-state index contributed by atoms with van der Waals surface area (Å²) < 4.78 is 18.7. The Hall–Kier alpha value is -2.97. The lowest BCUT2D eigenvalue weighted by atomic mass is 9.73. The maximum atomic E-state index is 13.7. The van der Waals surface area contributed by atoms with E-state index in [9.17, 15) is 23.6 Å². The summed E-state index contributed by atoms with van der Waals surface area (Å²) in [5, 5.41) is 2.76. The van der Waals surface area contributed by atoms with Crippen molar-refractivity contribution in [2.45, 2.75) is 44.7 Å². The zero-order valence-electron chi connectivity index (χ0n) is 17.2. The molecular weight excluding hydrogens is 393 g/mol. The molecule has 0 unspecified atom stereocenters. The molecule has 1 spiro atoms. The molecule has 8 nitrogen and oxygen atoms in total. The zero-order chi connectivity index (χ0) is 21.9. The first kappa shape index (κ1) is 21.7. The van der Waals surface area contributed by atoms with Gasteiger partial charge < -0.3 is 15.0 Å². The van der Waals surface area contributed by atoms with E-state index in [1.807, 2.05) is 6.92 Å². The molecule has 2 aliphatic rings. The number of rotatable bonds is 6. The number of carbonyl (C=O) groups excluding carboxylic acids is 4. The van der Waals surface area contributed by atoms with Crippen LogP contribution in [0.4, 0.5) is 9.18 Å². The quantitative estimate of drug-likeness (QED) is 0.561. The zero-order valence-corrected chi connectivity index (χ0v) is 17.2. The SMILES string of the molecule is C[C@@H]1CCCC[C@@]12NC(=O)N(CC(=O)OCC(=O)N(C)Cc1ccccc1F)C2=O. The Morgan fingerprint density at radius 2 is 2.03 bits per heavy atom. The number of hydrogen-bond acceptors (Lipinski definition) is 5. The highest BCUT2D eigenvalue weighted by Gasteiger charge is 2.55. The molecule has 4 amide bonds. The first-order valence-electron chi connectivity index (χ1n) is 10.0. The van der Waals surface area contributed by atoms with E-state index in [1.54, 1.807) is 18.2 Å². The van der Waals surface area contributed by atoms with Crippen LogP contribution in [-0.2, 0) is 25.7 Å². The van der Waals surface area contributed by atoms with Gasteiger partial charge in [0.15, 0.2) is 6.61 Å². The van der Waals surface area contributed by atoms with Crippen LogP contribution in [0.1, 0.15) is 38.2 Å². The van der Waals surface area contributed by atoms with Gasteiger partial charge in [0.05, 0.1) is 0 Å². The molecule has 1 aromatic carbocycles. The predicted octanol–water partition coefficient (Wildman–Crippen LogP) is 1.83. The van der Waals surface area contributed by atoms with Crippen LogP contribution >= 0.6 is 0 Å². The number of benzene rings is 1. The van der Waals surface area contributed by atoms with Gasteiger partial charge in [-0.25, -0.2) is 9.18 Å². The van der Waals surface area contributed by atoms with Gasteiger partial charge in [-0.2, -0.15) is 0 Å². The fourth-order valence-electron chi connectivity index (χ4n) is 4.04. The van der Waals surface area contributed by atoms with Crippen molar-refractivity contribution < 1.29 is 28.3 Å². The summed E-state index contributed by atoms with van der Waals surface area (Å²) in [6, 6.07) is 5.45. The number of urea groups is 1. The van der Waals surface area contributed by atoms with Crippen LogP contribution < -0.4 is 5.32 Å². The van der Waals surface area contributed by atoms with Gasteiger partial charge in [-0.1, -0.05) is 38.0 Å². The Morgan fingerprint density at radius 1 is 1.30 bits per heavy atom. The lowest BCUT2D eigenvalue weighted by Crippen LogP contribution is -2.54. The first-order valence-corrected chi connectivity index (χ1v) is 10.0. The van der Waals surface area contributed by atoms with Gasteiger partial charge >= 0.3 is 12.0 Å².